The first-order valence-electron chi connectivity index (χ1n) is 6.80. The number of alkyl halides is 2. The number of halogens is 2. The van der Waals surface area contributed by atoms with E-state index in [0.29, 0.717) is 5.56 Å². The van der Waals surface area contributed by atoms with Gasteiger partial charge in [0.1, 0.15) is 6.61 Å². The maximum Gasteiger partial charge on any atom is 0.263 e. The fraction of sp³-hybridized carbons (Fsp3) is 0.235. The Morgan fingerprint density at radius 1 is 1.10 bits per heavy atom. The molecule has 4 heteroatoms. The monoisotopic (exact) mass is 289 g/mol. The summed E-state index contributed by atoms with van der Waals surface area (Å²) in [6.07, 6.45) is 0.135. The van der Waals surface area contributed by atoms with Crippen LogP contribution in [0, 0.1) is 0 Å². The molecule has 0 radical (unpaired) electrons. The van der Waals surface area contributed by atoms with E-state index < -0.39 is 6.43 Å². The summed E-state index contributed by atoms with van der Waals surface area (Å²) in [5, 5.41) is 3.85. The first kappa shape index (κ1) is 15.2. The molecule has 2 aromatic rings. The maximum absolute atomic E-state index is 12.5. The highest BCUT2D eigenvalue weighted by Gasteiger charge is 2.06. The molecule has 0 aliphatic rings. The summed E-state index contributed by atoms with van der Waals surface area (Å²) in [6, 6.07) is 14.1. The minimum Gasteiger partial charge on any atom is -0.391 e. The molecule has 0 spiro atoms. The van der Waals surface area contributed by atoms with Gasteiger partial charge in [0.2, 0.25) is 0 Å². The van der Waals surface area contributed by atoms with Crippen LogP contribution in [-0.2, 0) is 17.9 Å². The van der Waals surface area contributed by atoms with Gasteiger partial charge in [-0.25, -0.2) is 8.78 Å². The van der Waals surface area contributed by atoms with E-state index in [1.807, 2.05) is 24.3 Å². The topological polar surface area (TPSA) is 21.6 Å². The molecule has 2 rings (SSSR count). The Bertz CT molecular complexity index is 594. The highest BCUT2D eigenvalue weighted by Crippen LogP contribution is 2.19. The Labute approximate surface area is 123 Å². The molecule has 2 nitrogen and oxygen atoms in total. The Kier molecular flexibility index (Phi) is 5.43. The molecular weight excluding hydrogens is 272 g/mol. The largest absolute Gasteiger partial charge is 0.391 e. The van der Waals surface area contributed by atoms with E-state index in [-0.39, 0.29) is 12.2 Å². The highest BCUT2D eigenvalue weighted by molar-refractivity contribution is 5.79. The van der Waals surface area contributed by atoms with E-state index in [1.54, 1.807) is 18.3 Å². The number of benzene rings is 2. The van der Waals surface area contributed by atoms with Crippen molar-refractivity contribution in [2.24, 2.45) is 5.16 Å². The number of aryl methyl sites for hydroxylation is 1. The third-order valence-corrected chi connectivity index (χ3v) is 3.10. The van der Waals surface area contributed by atoms with Gasteiger partial charge >= 0.3 is 0 Å². The molecule has 0 amide bonds. The maximum atomic E-state index is 12.5. The summed E-state index contributed by atoms with van der Waals surface area (Å²) in [5.74, 6) is 0. The van der Waals surface area contributed by atoms with Crippen LogP contribution >= 0.6 is 0 Å². The third kappa shape index (κ3) is 4.67. The highest BCUT2D eigenvalue weighted by atomic mass is 19.3. The van der Waals surface area contributed by atoms with E-state index in [2.05, 4.69) is 12.1 Å². The van der Waals surface area contributed by atoms with E-state index in [4.69, 9.17) is 4.84 Å². The zero-order chi connectivity index (χ0) is 15.1. The van der Waals surface area contributed by atoms with Crippen LogP contribution in [0.1, 0.15) is 35.6 Å². The lowest BCUT2D eigenvalue weighted by atomic mass is 10.1. The Hall–Kier alpha value is -2.23. The second-order valence-electron chi connectivity index (χ2n) is 4.65. The van der Waals surface area contributed by atoms with Crippen molar-refractivity contribution in [1.29, 1.82) is 0 Å². The van der Waals surface area contributed by atoms with E-state index in [0.717, 1.165) is 12.0 Å². The van der Waals surface area contributed by atoms with Gasteiger partial charge in [-0.2, -0.15) is 0 Å². The molecule has 0 aliphatic carbocycles. The number of nitrogens with zero attached hydrogens (tertiary/aromatic N) is 1. The first-order valence-corrected chi connectivity index (χ1v) is 6.80. The summed E-state index contributed by atoms with van der Waals surface area (Å²) in [5.41, 5.74) is 2.87. The number of hydrogen-bond acceptors (Lipinski definition) is 2. The Morgan fingerprint density at radius 2 is 1.86 bits per heavy atom. The van der Waals surface area contributed by atoms with Gasteiger partial charge in [0, 0.05) is 5.56 Å². The SMILES string of the molecule is CCc1ccc(C=NOCc2cccc(C(F)F)c2)cc1. The van der Waals surface area contributed by atoms with Crippen LogP contribution in [0.3, 0.4) is 0 Å². The summed E-state index contributed by atoms with van der Waals surface area (Å²) >= 11 is 0. The minimum absolute atomic E-state index is 0.00441. The summed E-state index contributed by atoms with van der Waals surface area (Å²) in [6.45, 7) is 2.27. The predicted octanol–water partition coefficient (Wildman–Crippen LogP) is 4.74. The van der Waals surface area contributed by atoms with Gasteiger partial charge in [0.25, 0.3) is 6.43 Å². The van der Waals surface area contributed by atoms with Crippen molar-refractivity contribution >= 4 is 6.21 Å². The van der Waals surface area contributed by atoms with Gasteiger partial charge < -0.3 is 4.84 Å². The van der Waals surface area contributed by atoms with Crippen molar-refractivity contribution < 1.29 is 13.6 Å². The molecule has 0 aromatic heterocycles. The fourth-order valence-electron chi connectivity index (χ4n) is 1.87. The van der Waals surface area contributed by atoms with Crippen LogP contribution in [0.15, 0.2) is 53.7 Å². The van der Waals surface area contributed by atoms with E-state index in [1.165, 1.54) is 17.7 Å². The summed E-state index contributed by atoms with van der Waals surface area (Å²) < 4.78 is 25.1. The zero-order valence-corrected chi connectivity index (χ0v) is 11.8. The second kappa shape index (κ2) is 7.53. The lowest BCUT2D eigenvalue weighted by Gasteiger charge is -2.03. The lowest BCUT2D eigenvalue weighted by molar-refractivity contribution is 0.130. The van der Waals surface area contributed by atoms with Crippen LogP contribution in [0.5, 0.6) is 0 Å². The number of rotatable bonds is 6. The molecule has 2 aromatic carbocycles. The molecular formula is C17H17F2NO. The molecule has 0 heterocycles. The van der Waals surface area contributed by atoms with Crippen LogP contribution in [-0.4, -0.2) is 6.21 Å². The van der Waals surface area contributed by atoms with E-state index >= 15 is 0 Å². The Balaban J connectivity index is 1.88. The van der Waals surface area contributed by atoms with Crippen molar-refractivity contribution in [3.8, 4) is 0 Å². The van der Waals surface area contributed by atoms with Crippen molar-refractivity contribution in [3.63, 3.8) is 0 Å². The van der Waals surface area contributed by atoms with Crippen molar-refractivity contribution in [2.45, 2.75) is 26.4 Å². The first-order chi connectivity index (χ1) is 10.2. The van der Waals surface area contributed by atoms with Crippen LogP contribution in [0.25, 0.3) is 0 Å². The number of hydrogen-bond donors (Lipinski definition) is 0. The van der Waals surface area contributed by atoms with Gasteiger partial charge in [-0.3, -0.25) is 0 Å². The molecule has 0 aliphatic heterocycles. The quantitative estimate of drug-likeness (QED) is 0.556. The van der Waals surface area contributed by atoms with Crippen molar-refractivity contribution in [1.82, 2.24) is 0 Å². The molecule has 0 saturated carbocycles. The minimum atomic E-state index is -2.47. The average Bonchev–Trinajstić information content (AvgIpc) is 2.52. The van der Waals surface area contributed by atoms with Gasteiger partial charge in [-0.1, -0.05) is 54.5 Å². The van der Waals surface area contributed by atoms with E-state index in [9.17, 15) is 8.78 Å². The smallest absolute Gasteiger partial charge is 0.263 e. The van der Waals surface area contributed by atoms with Gasteiger partial charge in [-0.05, 0) is 29.2 Å². The Morgan fingerprint density at radius 3 is 2.52 bits per heavy atom. The third-order valence-electron chi connectivity index (χ3n) is 3.10. The molecule has 21 heavy (non-hydrogen) atoms. The van der Waals surface area contributed by atoms with Gasteiger partial charge in [-0.15, -0.1) is 0 Å². The lowest BCUT2D eigenvalue weighted by Crippen LogP contribution is -1.91. The second-order valence-corrected chi connectivity index (χ2v) is 4.65. The molecule has 0 atom stereocenters. The van der Waals surface area contributed by atoms with Gasteiger partial charge in [0.15, 0.2) is 0 Å². The molecule has 0 unspecified atom stereocenters. The van der Waals surface area contributed by atoms with Crippen LogP contribution < -0.4 is 0 Å². The van der Waals surface area contributed by atoms with Gasteiger partial charge in [0.05, 0.1) is 6.21 Å². The predicted molar refractivity (Wildman–Crippen MR) is 79.6 cm³/mol. The molecule has 110 valence electrons. The van der Waals surface area contributed by atoms with Crippen molar-refractivity contribution in [3.05, 3.63) is 70.8 Å². The number of oxime groups is 1. The molecule has 0 bridgehead atoms. The van der Waals surface area contributed by atoms with Crippen LogP contribution in [0.4, 0.5) is 8.78 Å². The standard InChI is InChI=1S/C17H17F2NO/c1-2-13-6-8-14(9-7-13)11-20-21-12-15-4-3-5-16(10-15)17(18)19/h3-11,17H,2,12H2,1H3. The molecule has 0 N–H and O–H groups in total. The normalized spacial score (nSPS) is 11.2. The summed E-state index contributed by atoms with van der Waals surface area (Å²) in [4.78, 5) is 5.14. The summed E-state index contributed by atoms with van der Waals surface area (Å²) in [7, 11) is 0. The molecule has 0 fully saturated rings. The van der Waals surface area contributed by atoms with Crippen LogP contribution in [0.2, 0.25) is 0 Å². The van der Waals surface area contributed by atoms with Crippen molar-refractivity contribution in [2.75, 3.05) is 0 Å². The zero-order valence-electron chi connectivity index (χ0n) is 11.8. The average molecular weight is 289 g/mol. The molecule has 0 saturated heterocycles. The fourth-order valence-corrected chi connectivity index (χ4v) is 1.87.